The summed E-state index contributed by atoms with van der Waals surface area (Å²) in [4.78, 5) is 2.64. The summed E-state index contributed by atoms with van der Waals surface area (Å²) in [7, 11) is 2.08. The molecular formula is C17H28N2. The van der Waals surface area contributed by atoms with Crippen molar-refractivity contribution < 1.29 is 0 Å². The molecular weight excluding hydrogens is 232 g/mol. The Balaban J connectivity index is 1.92. The summed E-state index contributed by atoms with van der Waals surface area (Å²) < 4.78 is 0. The number of benzene rings is 1. The third-order valence-electron chi connectivity index (χ3n) is 4.46. The van der Waals surface area contributed by atoms with E-state index in [-0.39, 0.29) is 0 Å². The molecule has 1 aromatic rings. The van der Waals surface area contributed by atoms with E-state index in [1.807, 2.05) is 0 Å². The number of hydrogen-bond acceptors (Lipinski definition) is 2. The summed E-state index contributed by atoms with van der Waals surface area (Å²) >= 11 is 0. The Kier molecular flexibility index (Phi) is 5.41. The van der Waals surface area contributed by atoms with Gasteiger partial charge in [0.25, 0.3) is 0 Å². The van der Waals surface area contributed by atoms with Crippen molar-refractivity contribution in [3.05, 3.63) is 35.9 Å². The van der Waals surface area contributed by atoms with Crippen molar-refractivity contribution in [3.63, 3.8) is 0 Å². The lowest BCUT2D eigenvalue weighted by Crippen LogP contribution is -2.39. The highest BCUT2D eigenvalue weighted by molar-refractivity contribution is 5.19. The van der Waals surface area contributed by atoms with Crippen molar-refractivity contribution in [2.24, 2.45) is 11.8 Å². The zero-order valence-electron chi connectivity index (χ0n) is 12.6. The van der Waals surface area contributed by atoms with Crippen molar-refractivity contribution in [2.75, 3.05) is 26.7 Å². The number of nitrogens with zero attached hydrogens (tertiary/aromatic N) is 1. The quantitative estimate of drug-likeness (QED) is 0.873. The van der Waals surface area contributed by atoms with Crippen LogP contribution in [-0.4, -0.2) is 31.6 Å². The summed E-state index contributed by atoms with van der Waals surface area (Å²) in [5, 5.41) is 3.49. The minimum Gasteiger partial charge on any atom is -0.313 e. The molecule has 1 N–H and O–H groups in total. The first kappa shape index (κ1) is 14.5. The lowest BCUT2D eigenvalue weighted by Gasteiger charge is -2.34. The summed E-state index contributed by atoms with van der Waals surface area (Å²) in [5.41, 5.74) is 1.41. The van der Waals surface area contributed by atoms with Crippen LogP contribution >= 0.6 is 0 Å². The van der Waals surface area contributed by atoms with Crippen LogP contribution in [-0.2, 0) is 0 Å². The molecule has 2 rings (SSSR count). The van der Waals surface area contributed by atoms with E-state index in [9.17, 15) is 0 Å². The third-order valence-corrected chi connectivity index (χ3v) is 4.46. The predicted molar refractivity (Wildman–Crippen MR) is 82.2 cm³/mol. The van der Waals surface area contributed by atoms with Gasteiger partial charge in [0.1, 0.15) is 0 Å². The lowest BCUT2D eigenvalue weighted by atomic mass is 9.92. The monoisotopic (exact) mass is 260 g/mol. The first-order valence-corrected chi connectivity index (χ1v) is 7.65. The Bertz CT molecular complexity index is 355. The van der Waals surface area contributed by atoms with Crippen LogP contribution in [0.4, 0.5) is 0 Å². The Labute approximate surface area is 118 Å². The van der Waals surface area contributed by atoms with Crippen LogP contribution < -0.4 is 5.32 Å². The zero-order chi connectivity index (χ0) is 13.7. The second-order valence-electron chi connectivity index (χ2n) is 6.14. The molecule has 2 atom stereocenters. The Morgan fingerprint density at radius 2 is 1.84 bits per heavy atom. The van der Waals surface area contributed by atoms with Crippen LogP contribution in [0.15, 0.2) is 30.3 Å². The molecule has 1 aliphatic heterocycles. The average molecular weight is 260 g/mol. The van der Waals surface area contributed by atoms with Crippen molar-refractivity contribution in [1.82, 2.24) is 10.2 Å². The van der Waals surface area contributed by atoms with E-state index in [1.54, 1.807) is 0 Å². The van der Waals surface area contributed by atoms with Gasteiger partial charge in [-0.25, -0.2) is 0 Å². The van der Waals surface area contributed by atoms with Crippen molar-refractivity contribution in [3.8, 4) is 0 Å². The standard InChI is InChI=1S/C17H28N2/c1-14-9-11-19(12-10-14)13-15(2)17(18-3)16-7-5-4-6-8-16/h4-8,14-15,17-18H,9-13H2,1-3H3/t15-,17+/m0/s1. The first-order valence-electron chi connectivity index (χ1n) is 7.65. The highest BCUT2D eigenvalue weighted by atomic mass is 15.1. The topological polar surface area (TPSA) is 15.3 Å². The van der Waals surface area contributed by atoms with E-state index in [0.717, 1.165) is 5.92 Å². The molecule has 1 saturated heterocycles. The smallest absolute Gasteiger partial charge is 0.0355 e. The lowest BCUT2D eigenvalue weighted by molar-refractivity contribution is 0.158. The van der Waals surface area contributed by atoms with E-state index >= 15 is 0 Å². The van der Waals surface area contributed by atoms with E-state index in [2.05, 4.69) is 61.4 Å². The molecule has 0 unspecified atom stereocenters. The molecule has 1 aliphatic rings. The number of piperidine rings is 1. The van der Waals surface area contributed by atoms with E-state index < -0.39 is 0 Å². The van der Waals surface area contributed by atoms with Crippen LogP contribution in [0.5, 0.6) is 0 Å². The van der Waals surface area contributed by atoms with Gasteiger partial charge in [-0.15, -0.1) is 0 Å². The molecule has 106 valence electrons. The van der Waals surface area contributed by atoms with E-state index in [0.29, 0.717) is 12.0 Å². The van der Waals surface area contributed by atoms with Crippen molar-refractivity contribution in [1.29, 1.82) is 0 Å². The fraction of sp³-hybridized carbons (Fsp3) is 0.647. The molecule has 0 saturated carbocycles. The number of likely N-dealkylation sites (tertiary alicyclic amines) is 1. The maximum atomic E-state index is 3.49. The van der Waals surface area contributed by atoms with E-state index in [4.69, 9.17) is 0 Å². The maximum absolute atomic E-state index is 3.49. The molecule has 19 heavy (non-hydrogen) atoms. The van der Waals surface area contributed by atoms with Crippen LogP contribution in [0.2, 0.25) is 0 Å². The molecule has 0 spiro atoms. The molecule has 2 nitrogen and oxygen atoms in total. The highest BCUT2D eigenvalue weighted by Crippen LogP contribution is 2.24. The summed E-state index contributed by atoms with van der Waals surface area (Å²) in [5.74, 6) is 1.56. The van der Waals surface area contributed by atoms with Gasteiger partial charge in [0.2, 0.25) is 0 Å². The molecule has 2 heteroatoms. The molecule has 0 amide bonds. The summed E-state index contributed by atoms with van der Waals surface area (Å²) in [6.07, 6.45) is 2.73. The van der Waals surface area contributed by atoms with Gasteiger partial charge in [-0.2, -0.15) is 0 Å². The van der Waals surface area contributed by atoms with Gasteiger partial charge >= 0.3 is 0 Å². The number of hydrogen-bond donors (Lipinski definition) is 1. The predicted octanol–water partition coefficient (Wildman–Crippen LogP) is 3.32. The zero-order valence-corrected chi connectivity index (χ0v) is 12.6. The van der Waals surface area contributed by atoms with Gasteiger partial charge in [-0.1, -0.05) is 44.2 Å². The van der Waals surface area contributed by atoms with Crippen LogP contribution in [0.1, 0.15) is 38.3 Å². The molecule has 1 fully saturated rings. The normalized spacial score (nSPS) is 21.2. The Morgan fingerprint density at radius 1 is 1.21 bits per heavy atom. The van der Waals surface area contributed by atoms with Gasteiger partial charge < -0.3 is 10.2 Å². The SMILES string of the molecule is CN[C@@H](c1ccccc1)[C@@H](C)CN1CCC(C)CC1. The third kappa shape index (κ3) is 4.05. The van der Waals surface area contributed by atoms with Crippen LogP contribution in [0, 0.1) is 11.8 Å². The minimum atomic E-state index is 0.459. The molecule has 1 heterocycles. The maximum Gasteiger partial charge on any atom is 0.0355 e. The summed E-state index contributed by atoms with van der Waals surface area (Å²) in [6, 6.07) is 11.3. The fourth-order valence-corrected chi connectivity index (χ4v) is 3.20. The van der Waals surface area contributed by atoms with Gasteiger partial charge in [0.15, 0.2) is 0 Å². The largest absolute Gasteiger partial charge is 0.313 e. The molecule has 0 bridgehead atoms. The first-order chi connectivity index (χ1) is 9.20. The molecule has 0 aliphatic carbocycles. The highest BCUT2D eigenvalue weighted by Gasteiger charge is 2.22. The van der Waals surface area contributed by atoms with Crippen LogP contribution in [0.25, 0.3) is 0 Å². The minimum absolute atomic E-state index is 0.459. The van der Waals surface area contributed by atoms with Gasteiger partial charge in [-0.3, -0.25) is 0 Å². The Morgan fingerprint density at radius 3 is 2.42 bits per heavy atom. The second-order valence-corrected chi connectivity index (χ2v) is 6.14. The summed E-state index contributed by atoms with van der Waals surface area (Å²) in [6.45, 7) is 8.49. The van der Waals surface area contributed by atoms with Gasteiger partial charge in [-0.05, 0) is 50.4 Å². The van der Waals surface area contributed by atoms with Crippen molar-refractivity contribution >= 4 is 0 Å². The van der Waals surface area contributed by atoms with E-state index in [1.165, 1.54) is 38.0 Å². The van der Waals surface area contributed by atoms with Crippen molar-refractivity contribution in [2.45, 2.75) is 32.7 Å². The second kappa shape index (κ2) is 7.06. The van der Waals surface area contributed by atoms with Gasteiger partial charge in [0, 0.05) is 12.6 Å². The molecule has 0 aromatic heterocycles. The number of rotatable bonds is 5. The Hall–Kier alpha value is -0.860. The molecule has 0 radical (unpaired) electrons. The average Bonchev–Trinajstić information content (AvgIpc) is 2.43. The van der Waals surface area contributed by atoms with Crippen LogP contribution in [0.3, 0.4) is 0 Å². The van der Waals surface area contributed by atoms with Gasteiger partial charge in [0.05, 0.1) is 0 Å². The number of nitrogens with one attached hydrogen (secondary N) is 1. The molecule has 1 aromatic carbocycles. The fourth-order valence-electron chi connectivity index (χ4n) is 3.20.